The minimum atomic E-state index is 0.706. The summed E-state index contributed by atoms with van der Waals surface area (Å²) in [5.41, 5.74) is 2.24. The van der Waals surface area contributed by atoms with Gasteiger partial charge in [-0.15, -0.1) is 9.89 Å². The Hall–Kier alpha value is -2.15. The number of rotatable bonds is 2. The van der Waals surface area contributed by atoms with E-state index in [9.17, 15) is 0 Å². The second-order valence-corrected chi connectivity index (χ2v) is 4.88. The number of tetrazole rings is 1. The summed E-state index contributed by atoms with van der Waals surface area (Å²) in [5, 5.41) is 14.2. The molecule has 104 valence electrons. The summed E-state index contributed by atoms with van der Waals surface area (Å²) in [7, 11) is 0. The topological polar surface area (TPSA) is 65.3 Å². The van der Waals surface area contributed by atoms with Crippen LogP contribution in [0.25, 0.3) is 11.4 Å². The van der Waals surface area contributed by atoms with Gasteiger partial charge in [0.15, 0.2) is 0 Å². The zero-order chi connectivity index (χ0) is 13.4. The Kier molecular flexibility index (Phi) is 2.77. The second kappa shape index (κ2) is 4.75. The minimum absolute atomic E-state index is 0.706. The van der Waals surface area contributed by atoms with Crippen molar-refractivity contribution >= 4 is 0 Å². The maximum Gasteiger partial charge on any atom is 0.204 e. The number of hydrogen-bond donors (Lipinski definition) is 0. The Morgan fingerprint density at radius 1 is 1.10 bits per heavy atom. The summed E-state index contributed by atoms with van der Waals surface area (Å²) in [5.74, 6) is 1.74. The molecule has 7 nitrogen and oxygen atoms in total. The molecule has 1 aromatic heterocycles. The summed E-state index contributed by atoms with van der Waals surface area (Å²) >= 11 is 0. The highest BCUT2D eigenvalue weighted by molar-refractivity contribution is 5.59. The third-order valence-corrected chi connectivity index (χ3v) is 3.66. The van der Waals surface area contributed by atoms with Gasteiger partial charge in [-0.25, -0.2) is 0 Å². The highest BCUT2D eigenvalue weighted by atomic mass is 16.5. The van der Waals surface area contributed by atoms with Crippen LogP contribution < -0.4 is 9.75 Å². The molecule has 0 aliphatic carbocycles. The van der Waals surface area contributed by atoms with Crippen molar-refractivity contribution < 1.29 is 9.47 Å². The van der Waals surface area contributed by atoms with Crippen molar-refractivity contribution in [1.29, 1.82) is 0 Å². The molecule has 0 saturated carbocycles. The van der Waals surface area contributed by atoms with Gasteiger partial charge in [0.2, 0.25) is 5.82 Å². The van der Waals surface area contributed by atoms with Gasteiger partial charge >= 0.3 is 0 Å². The zero-order valence-electron chi connectivity index (χ0n) is 11.0. The lowest BCUT2D eigenvalue weighted by molar-refractivity contribution is 0.109. The van der Waals surface area contributed by atoms with Gasteiger partial charge in [0.1, 0.15) is 5.75 Å². The fraction of sp³-hybridized carbons (Fsp3) is 0.462. The predicted molar refractivity (Wildman–Crippen MR) is 71.2 cm³/mol. The Bertz CT molecular complexity index is 621. The monoisotopic (exact) mass is 273 g/mol. The molecule has 0 radical (unpaired) electrons. The summed E-state index contributed by atoms with van der Waals surface area (Å²) < 4.78 is 10.9. The molecule has 0 unspecified atom stereocenters. The summed E-state index contributed by atoms with van der Waals surface area (Å²) in [6, 6.07) is 6.12. The fourth-order valence-electron chi connectivity index (χ4n) is 2.62. The van der Waals surface area contributed by atoms with Gasteiger partial charge in [-0.2, -0.15) is 0 Å². The summed E-state index contributed by atoms with van der Waals surface area (Å²) in [6.45, 7) is 3.76. The molecule has 7 heteroatoms. The first-order valence-corrected chi connectivity index (χ1v) is 6.79. The maximum atomic E-state index is 5.53. The van der Waals surface area contributed by atoms with E-state index in [1.54, 1.807) is 4.79 Å². The third-order valence-electron chi connectivity index (χ3n) is 3.66. The van der Waals surface area contributed by atoms with Crippen LogP contribution >= 0.6 is 0 Å². The quantitative estimate of drug-likeness (QED) is 0.781. The first kappa shape index (κ1) is 11.7. The Morgan fingerprint density at radius 2 is 2.00 bits per heavy atom. The van der Waals surface area contributed by atoms with E-state index in [4.69, 9.17) is 9.47 Å². The first-order valence-electron chi connectivity index (χ1n) is 6.79. The number of aromatic nitrogens is 4. The molecule has 1 fully saturated rings. The van der Waals surface area contributed by atoms with E-state index >= 15 is 0 Å². The lowest BCUT2D eigenvalue weighted by Crippen LogP contribution is -2.45. The molecular formula is C13H15N5O2. The number of hydrogen-bond acceptors (Lipinski definition) is 6. The lowest BCUT2D eigenvalue weighted by Gasteiger charge is -2.28. The zero-order valence-corrected chi connectivity index (χ0v) is 11.0. The van der Waals surface area contributed by atoms with E-state index in [-0.39, 0.29) is 0 Å². The number of fused-ring (bicyclic) bond motifs is 1. The predicted octanol–water partition coefficient (Wildman–Crippen LogP) is 0.243. The smallest absolute Gasteiger partial charge is 0.204 e. The molecule has 0 N–H and O–H groups in total. The normalized spacial score (nSPS) is 17.9. The molecule has 0 spiro atoms. The van der Waals surface area contributed by atoms with E-state index in [2.05, 4.69) is 26.6 Å². The fourth-order valence-corrected chi connectivity index (χ4v) is 2.62. The first-order chi connectivity index (χ1) is 9.92. The van der Waals surface area contributed by atoms with Gasteiger partial charge in [0.05, 0.1) is 32.9 Å². The minimum Gasteiger partial charge on any atom is -0.493 e. The molecule has 2 aliphatic rings. The van der Waals surface area contributed by atoms with Crippen LogP contribution in [0.2, 0.25) is 0 Å². The molecule has 1 saturated heterocycles. The molecule has 1 aromatic carbocycles. The summed E-state index contributed by atoms with van der Waals surface area (Å²) in [4.78, 5) is 1.78. The Morgan fingerprint density at radius 3 is 2.90 bits per heavy atom. The Balaban J connectivity index is 1.70. The van der Waals surface area contributed by atoms with Crippen LogP contribution in [-0.4, -0.2) is 53.2 Å². The molecule has 4 rings (SSSR count). The largest absolute Gasteiger partial charge is 0.493 e. The average Bonchev–Trinajstić information content (AvgIpc) is 3.16. The van der Waals surface area contributed by atoms with Gasteiger partial charge in [0.25, 0.3) is 0 Å². The SMILES string of the molecule is c1cc2c(cc1-c1nnnn1N1CCOCC1)CCO2. The summed E-state index contributed by atoms with van der Waals surface area (Å²) in [6.07, 6.45) is 0.947. The van der Waals surface area contributed by atoms with Crippen molar-refractivity contribution in [2.75, 3.05) is 37.9 Å². The van der Waals surface area contributed by atoms with E-state index in [0.717, 1.165) is 43.3 Å². The lowest BCUT2D eigenvalue weighted by atomic mass is 10.1. The number of ether oxygens (including phenoxy) is 2. The van der Waals surface area contributed by atoms with Crippen molar-refractivity contribution in [2.24, 2.45) is 0 Å². The molecule has 3 heterocycles. The Labute approximate surface area is 116 Å². The van der Waals surface area contributed by atoms with Gasteiger partial charge in [0, 0.05) is 12.0 Å². The van der Waals surface area contributed by atoms with Crippen LogP contribution in [-0.2, 0) is 11.2 Å². The van der Waals surface area contributed by atoms with Crippen molar-refractivity contribution in [3.63, 3.8) is 0 Å². The molecule has 2 aliphatic heterocycles. The van der Waals surface area contributed by atoms with E-state index in [1.807, 2.05) is 12.1 Å². The van der Waals surface area contributed by atoms with Crippen LogP contribution in [0.4, 0.5) is 0 Å². The molecule has 0 bridgehead atoms. The van der Waals surface area contributed by atoms with Crippen molar-refractivity contribution in [1.82, 2.24) is 20.3 Å². The maximum absolute atomic E-state index is 5.53. The number of morpholine rings is 1. The number of nitrogens with zero attached hydrogens (tertiary/aromatic N) is 5. The van der Waals surface area contributed by atoms with E-state index < -0.39 is 0 Å². The highest BCUT2D eigenvalue weighted by Crippen LogP contribution is 2.29. The average molecular weight is 273 g/mol. The van der Waals surface area contributed by atoms with E-state index in [1.165, 1.54) is 5.56 Å². The second-order valence-electron chi connectivity index (χ2n) is 4.88. The standard InChI is InChI=1S/C13H15N5O2/c1-2-12-10(3-6-20-12)9-11(1)13-14-15-16-18(13)17-4-7-19-8-5-17/h1-2,9H,3-8H2. The van der Waals surface area contributed by atoms with Gasteiger partial charge in [-0.1, -0.05) is 0 Å². The van der Waals surface area contributed by atoms with E-state index in [0.29, 0.717) is 13.2 Å². The van der Waals surface area contributed by atoms with Gasteiger partial charge in [-0.3, -0.25) is 5.01 Å². The van der Waals surface area contributed by atoms with Crippen molar-refractivity contribution in [2.45, 2.75) is 6.42 Å². The number of benzene rings is 1. The van der Waals surface area contributed by atoms with Crippen molar-refractivity contribution in [3.8, 4) is 17.1 Å². The third kappa shape index (κ3) is 1.90. The van der Waals surface area contributed by atoms with Crippen LogP contribution in [0.5, 0.6) is 5.75 Å². The van der Waals surface area contributed by atoms with Crippen LogP contribution in [0.1, 0.15) is 5.56 Å². The molecule has 2 aromatic rings. The van der Waals surface area contributed by atoms with Crippen LogP contribution in [0.15, 0.2) is 18.2 Å². The molecule has 0 atom stereocenters. The molecule has 20 heavy (non-hydrogen) atoms. The molecular weight excluding hydrogens is 258 g/mol. The van der Waals surface area contributed by atoms with Gasteiger partial charge in [-0.05, 0) is 34.2 Å². The highest BCUT2D eigenvalue weighted by Gasteiger charge is 2.20. The van der Waals surface area contributed by atoms with Crippen LogP contribution in [0, 0.1) is 0 Å². The van der Waals surface area contributed by atoms with Crippen molar-refractivity contribution in [3.05, 3.63) is 23.8 Å². The molecule has 0 amide bonds. The van der Waals surface area contributed by atoms with Crippen LogP contribution in [0.3, 0.4) is 0 Å². The van der Waals surface area contributed by atoms with Gasteiger partial charge < -0.3 is 9.47 Å².